The summed E-state index contributed by atoms with van der Waals surface area (Å²) in [6.45, 7) is 4.04. The minimum atomic E-state index is -0.706. The second-order valence-corrected chi connectivity index (χ2v) is 4.68. The Bertz CT molecular complexity index is 209. The molecule has 88 valence electrons. The Morgan fingerprint density at radius 1 is 1.60 bits per heavy atom. The molecule has 1 fully saturated rings. The van der Waals surface area contributed by atoms with E-state index in [4.69, 9.17) is 5.11 Å². The number of rotatable bonds is 5. The molecule has 0 amide bonds. The maximum atomic E-state index is 10.4. The quantitative estimate of drug-likeness (QED) is 0.733. The molecule has 0 bridgehead atoms. The number of carboxylic acid groups (broad SMARTS) is 1. The second-order valence-electron chi connectivity index (χ2n) is 4.68. The van der Waals surface area contributed by atoms with Gasteiger partial charge in [0.05, 0.1) is 6.42 Å². The lowest BCUT2D eigenvalue weighted by Gasteiger charge is -2.32. The molecule has 1 unspecified atom stereocenters. The SMILES string of the molecule is CN1CCCC(CN(C)CCC(=O)O)C1. The van der Waals surface area contributed by atoms with Crippen LogP contribution in [0.2, 0.25) is 0 Å². The molecule has 0 radical (unpaired) electrons. The van der Waals surface area contributed by atoms with Crippen molar-refractivity contribution in [1.29, 1.82) is 0 Å². The third-order valence-corrected chi connectivity index (χ3v) is 3.00. The molecule has 0 aliphatic carbocycles. The predicted molar refractivity (Wildman–Crippen MR) is 60.0 cm³/mol. The Kier molecular flexibility index (Phi) is 5.05. The first-order valence-electron chi connectivity index (χ1n) is 5.67. The van der Waals surface area contributed by atoms with E-state index in [0.717, 1.165) is 13.1 Å². The smallest absolute Gasteiger partial charge is 0.304 e. The molecule has 1 aliphatic rings. The van der Waals surface area contributed by atoms with E-state index >= 15 is 0 Å². The van der Waals surface area contributed by atoms with E-state index in [1.54, 1.807) is 0 Å². The minimum Gasteiger partial charge on any atom is -0.481 e. The van der Waals surface area contributed by atoms with Crippen molar-refractivity contribution in [3.8, 4) is 0 Å². The lowest BCUT2D eigenvalue weighted by atomic mass is 9.98. The maximum absolute atomic E-state index is 10.4. The van der Waals surface area contributed by atoms with Gasteiger partial charge in [-0.1, -0.05) is 0 Å². The summed E-state index contributed by atoms with van der Waals surface area (Å²) in [6, 6.07) is 0. The van der Waals surface area contributed by atoms with Crippen LogP contribution in [0.5, 0.6) is 0 Å². The zero-order valence-corrected chi connectivity index (χ0v) is 9.78. The zero-order valence-electron chi connectivity index (χ0n) is 9.78. The van der Waals surface area contributed by atoms with E-state index in [0.29, 0.717) is 12.5 Å². The Balaban J connectivity index is 2.18. The Morgan fingerprint density at radius 2 is 2.33 bits per heavy atom. The van der Waals surface area contributed by atoms with Gasteiger partial charge in [-0.2, -0.15) is 0 Å². The van der Waals surface area contributed by atoms with Gasteiger partial charge < -0.3 is 14.9 Å². The van der Waals surface area contributed by atoms with E-state index in [1.807, 2.05) is 7.05 Å². The highest BCUT2D eigenvalue weighted by atomic mass is 16.4. The average molecular weight is 214 g/mol. The second kappa shape index (κ2) is 6.08. The van der Waals surface area contributed by atoms with Gasteiger partial charge in [-0.05, 0) is 39.4 Å². The summed E-state index contributed by atoms with van der Waals surface area (Å²) in [4.78, 5) is 14.9. The Hall–Kier alpha value is -0.610. The van der Waals surface area contributed by atoms with Crippen LogP contribution in [0, 0.1) is 5.92 Å². The third kappa shape index (κ3) is 5.14. The Labute approximate surface area is 91.9 Å². The molecule has 1 saturated heterocycles. The van der Waals surface area contributed by atoms with Crippen LogP contribution < -0.4 is 0 Å². The van der Waals surface area contributed by atoms with E-state index < -0.39 is 5.97 Å². The summed E-state index contributed by atoms with van der Waals surface area (Å²) in [5.41, 5.74) is 0. The number of piperidine rings is 1. The molecule has 0 aromatic carbocycles. The van der Waals surface area contributed by atoms with E-state index in [9.17, 15) is 4.79 Å². The molecule has 4 nitrogen and oxygen atoms in total. The number of nitrogens with zero attached hydrogens (tertiary/aromatic N) is 2. The van der Waals surface area contributed by atoms with Crippen LogP contribution in [0.1, 0.15) is 19.3 Å². The molecule has 1 N–H and O–H groups in total. The summed E-state index contributed by atoms with van der Waals surface area (Å²) in [7, 11) is 4.17. The molecule has 1 rings (SSSR count). The highest BCUT2D eigenvalue weighted by Crippen LogP contribution is 2.15. The fourth-order valence-corrected chi connectivity index (χ4v) is 2.24. The first-order valence-corrected chi connectivity index (χ1v) is 5.67. The van der Waals surface area contributed by atoms with Gasteiger partial charge >= 0.3 is 5.97 Å². The molecule has 0 aromatic rings. The molecule has 1 atom stereocenters. The highest BCUT2D eigenvalue weighted by Gasteiger charge is 2.18. The van der Waals surface area contributed by atoms with Gasteiger partial charge in [0, 0.05) is 19.6 Å². The lowest BCUT2D eigenvalue weighted by Crippen LogP contribution is -2.38. The summed E-state index contributed by atoms with van der Waals surface area (Å²) < 4.78 is 0. The normalized spacial score (nSPS) is 23.3. The van der Waals surface area contributed by atoms with Gasteiger partial charge in [-0.15, -0.1) is 0 Å². The first-order chi connectivity index (χ1) is 7.08. The summed E-state index contributed by atoms with van der Waals surface area (Å²) in [5, 5.41) is 8.58. The standard InChI is InChI=1S/C11H22N2O2/c1-12-6-3-4-10(8-12)9-13(2)7-5-11(14)15/h10H,3-9H2,1-2H3,(H,14,15). The maximum Gasteiger partial charge on any atom is 0.304 e. The summed E-state index contributed by atoms with van der Waals surface area (Å²) in [6.07, 6.45) is 2.80. The number of likely N-dealkylation sites (tertiary alicyclic amines) is 1. The first kappa shape index (κ1) is 12.5. The number of hydrogen-bond donors (Lipinski definition) is 1. The van der Waals surface area contributed by atoms with Crippen molar-refractivity contribution in [1.82, 2.24) is 9.80 Å². The van der Waals surface area contributed by atoms with Crippen molar-refractivity contribution in [2.24, 2.45) is 5.92 Å². The van der Waals surface area contributed by atoms with Crippen LogP contribution in [0.3, 0.4) is 0 Å². The molecule has 4 heteroatoms. The predicted octanol–water partition coefficient (Wildman–Crippen LogP) is 0.735. The highest BCUT2D eigenvalue weighted by molar-refractivity contribution is 5.66. The number of aliphatic carboxylic acids is 1. The van der Waals surface area contributed by atoms with Gasteiger partial charge in [0.25, 0.3) is 0 Å². The van der Waals surface area contributed by atoms with Crippen LogP contribution >= 0.6 is 0 Å². The van der Waals surface area contributed by atoms with Crippen LogP contribution in [0.15, 0.2) is 0 Å². The molecule has 0 aromatic heterocycles. The minimum absolute atomic E-state index is 0.249. The van der Waals surface area contributed by atoms with E-state index in [1.165, 1.54) is 19.4 Å². The average Bonchev–Trinajstić information content (AvgIpc) is 2.15. The van der Waals surface area contributed by atoms with Crippen molar-refractivity contribution in [3.63, 3.8) is 0 Å². The van der Waals surface area contributed by atoms with Crippen LogP contribution in [-0.4, -0.2) is 61.2 Å². The molecule has 1 aliphatic heterocycles. The van der Waals surface area contributed by atoms with Crippen molar-refractivity contribution in [3.05, 3.63) is 0 Å². The number of carbonyl (C=O) groups is 1. The molecular formula is C11H22N2O2. The largest absolute Gasteiger partial charge is 0.481 e. The van der Waals surface area contributed by atoms with Gasteiger partial charge in [0.1, 0.15) is 0 Å². The molecule has 0 saturated carbocycles. The van der Waals surface area contributed by atoms with Crippen molar-refractivity contribution in [2.75, 3.05) is 40.3 Å². The lowest BCUT2D eigenvalue weighted by molar-refractivity contribution is -0.137. The molecular weight excluding hydrogens is 192 g/mol. The topological polar surface area (TPSA) is 43.8 Å². The number of carboxylic acids is 1. The monoisotopic (exact) mass is 214 g/mol. The summed E-state index contributed by atoms with van der Waals surface area (Å²) in [5.74, 6) is 0.00478. The summed E-state index contributed by atoms with van der Waals surface area (Å²) >= 11 is 0. The zero-order chi connectivity index (χ0) is 11.3. The molecule has 1 heterocycles. The van der Waals surface area contributed by atoms with Crippen molar-refractivity contribution < 1.29 is 9.90 Å². The van der Waals surface area contributed by atoms with Crippen LogP contribution in [0.25, 0.3) is 0 Å². The van der Waals surface area contributed by atoms with Gasteiger partial charge in [-0.3, -0.25) is 4.79 Å². The van der Waals surface area contributed by atoms with Gasteiger partial charge in [-0.25, -0.2) is 0 Å². The van der Waals surface area contributed by atoms with Gasteiger partial charge in [0.15, 0.2) is 0 Å². The van der Waals surface area contributed by atoms with E-state index in [2.05, 4.69) is 16.8 Å². The van der Waals surface area contributed by atoms with Crippen LogP contribution in [-0.2, 0) is 4.79 Å². The molecule has 15 heavy (non-hydrogen) atoms. The third-order valence-electron chi connectivity index (χ3n) is 3.00. The number of hydrogen-bond acceptors (Lipinski definition) is 3. The Morgan fingerprint density at radius 3 is 2.93 bits per heavy atom. The fourth-order valence-electron chi connectivity index (χ4n) is 2.24. The van der Waals surface area contributed by atoms with Crippen molar-refractivity contribution >= 4 is 5.97 Å². The van der Waals surface area contributed by atoms with E-state index in [-0.39, 0.29) is 6.42 Å². The fraction of sp³-hybridized carbons (Fsp3) is 0.909. The van der Waals surface area contributed by atoms with Crippen LogP contribution in [0.4, 0.5) is 0 Å². The molecule has 0 spiro atoms. The van der Waals surface area contributed by atoms with Crippen molar-refractivity contribution in [2.45, 2.75) is 19.3 Å². The van der Waals surface area contributed by atoms with Gasteiger partial charge in [0.2, 0.25) is 0 Å².